The zero-order valence-electron chi connectivity index (χ0n) is 10.5. The minimum atomic E-state index is -0.00318. The number of hydrogen-bond donors (Lipinski definition) is 1. The van der Waals surface area contributed by atoms with Crippen molar-refractivity contribution in [1.82, 2.24) is 9.80 Å². The third-order valence-corrected chi connectivity index (χ3v) is 4.02. The molecule has 1 aromatic rings. The molecule has 1 fully saturated rings. The van der Waals surface area contributed by atoms with Gasteiger partial charge in [0.25, 0.3) is 0 Å². The van der Waals surface area contributed by atoms with Gasteiger partial charge >= 0.3 is 0 Å². The van der Waals surface area contributed by atoms with Gasteiger partial charge in [0.1, 0.15) is 0 Å². The van der Waals surface area contributed by atoms with Crippen LogP contribution in [0.4, 0.5) is 0 Å². The van der Waals surface area contributed by atoms with Gasteiger partial charge in [-0.15, -0.1) is 0 Å². The molecule has 17 heavy (non-hydrogen) atoms. The Morgan fingerprint density at radius 3 is 2.41 bits per heavy atom. The van der Waals surface area contributed by atoms with E-state index in [-0.39, 0.29) is 5.54 Å². The topological polar surface area (TPSA) is 32.5 Å². The molecule has 3 heteroatoms. The number of benzene rings is 1. The Hall–Kier alpha value is -0.900. The highest BCUT2D eigenvalue weighted by Gasteiger charge is 2.35. The standard InChI is InChI=1S/C14H21N3/c1-16-7-6-14(15,10-16)11-17-8-12-4-2-3-5-13(12)9-17/h2-5H,6-11,15H2,1H3. The second-order valence-electron chi connectivity index (χ2n) is 5.76. The molecule has 3 nitrogen and oxygen atoms in total. The average Bonchev–Trinajstić information content (AvgIpc) is 2.81. The number of nitrogens with two attached hydrogens (primary N) is 1. The van der Waals surface area contributed by atoms with E-state index in [4.69, 9.17) is 5.73 Å². The monoisotopic (exact) mass is 231 g/mol. The smallest absolute Gasteiger partial charge is 0.0424 e. The van der Waals surface area contributed by atoms with Crippen LogP contribution < -0.4 is 5.73 Å². The van der Waals surface area contributed by atoms with Gasteiger partial charge in [-0.05, 0) is 31.1 Å². The molecule has 0 radical (unpaired) electrons. The summed E-state index contributed by atoms with van der Waals surface area (Å²) >= 11 is 0. The first-order valence-electron chi connectivity index (χ1n) is 6.41. The zero-order chi connectivity index (χ0) is 11.9. The molecule has 0 aromatic heterocycles. The van der Waals surface area contributed by atoms with Crippen LogP contribution >= 0.6 is 0 Å². The van der Waals surface area contributed by atoms with Gasteiger partial charge in [0.2, 0.25) is 0 Å². The molecule has 2 aliphatic rings. The van der Waals surface area contributed by atoms with Gasteiger partial charge < -0.3 is 10.6 Å². The van der Waals surface area contributed by atoms with E-state index in [2.05, 4.69) is 41.1 Å². The molecular formula is C14H21N3. The maximum absolute atomic E-state index is 6.48. The Bertz CT molecular complexity index is 393. The normalized spacial score (nSPS) is 29.8. The number of likely N-dealkylation sites (N-methyl/N-ethyl adjacent to an activating group) is 1. The van der Waals surface area contributed by atoms with E-state index < -0.39 is 0 Å². The Labute approximate surface area is 103 Å². The van der Waals surface area contributed by atoms with Gasteiger partial charge in [-0.25, -0.2) is 0 Å². The van der Waals surface area contributed by atoms with E-state index in [1.807, 2.05) is 0 Å². The molecule has 3 rings (SSSR count). The molecule has 1 aromatic carbocycles. The van der Waals surface area contributed by atoms with Crippen molar-refractivity contribution < 1.29 is 0 Å². The SMILES string of the molecule is CN1CCC(N)(CN2Cc3ccccc3C2)C1. The summed E-state index contributed by atoms with van der Waals surface area (Å²) in [6.45, 7) is 5.32. The Morgan fingerprint density at radius 1 is 1.24 bits per heavy atom. The van der Waals surface area contributed by atoms with Crippen molar-refractivity contribution in [3.8, 4) is 0 Å². The quantitative estimate of drug-likeness (QED) is 0.825. The Kier molecular flexibility index (Phi) is 2.69. The van der Waals surface area contributed by atoms with Gasteiger partial charge in [0.05, 0.1) is 0 Å². The molecule has 0 saturated carbocycles. The first-order valence-corrected chi connectivity index (χ1v) is 6.41. The molecule has 0 bridgehead atoms. The molecule has 1 saturated heterocycles. The lowest BCUT2D eigenvalue weighted by Crippen LogP contribution is -2.50. The van der Waals surface area contributed by atoms with E-state index in [0.29, 0.717) is 0 Å². The summed E-state index contributed by atoms with van der Waals surface area (Å²) in [6.07, 6.45) is 1.12. The lowest BCUT2D eigenvalue weighted by Gasteiger charge is -2.29. The van der Waals surface area contributed by atoms with Gasteiger partial charge in [0, 0.05) is 31.7 Å². The van der Waals surface area contributed by atoms with Gasteiger partial charge in [-0.2, -0.15) is 0 Å². The molecule has 2 heterocycles. The van der Waals surface area contributed by atoms with Crippen molar-refractivity contribution in [2.45, 2.75) is 25.0 Å². The molecule has 0 amide bonds. The predicted molar refractivity (Wildman–Crippen MR) is 69.6 cm³/mol. The van der Waals surface area contributed by atoms with Gasteiger partial charge in [-0.3, -0.25) is 4.90 Å². The molecule has 1 atom stereocenters. The van der Waals surface area contributed by atoms with Crippen LogP contribution in [0.3, 0.4) is 0 Å². The van der Waals surface area contributed by atoms with Crippen molar-refractivity contribution in [3.05, 3.63) is 35.4 Å². The highest BCUT2D eigenvalue weighted by molar-refractivity contribution is 5.30. The predicted octanol–water partition coefficient (Wildman–Crippen LogP) is 1.04. The van der Waals surface area contributed by atoms with Crippen molar-refractivity contribution in [1.29, 1.82) is 0 Å². The second-order valence-corrected chi connectivity index (χ2v) is 5.76. The van der Waals surface area contributed by atoms with Crippen molar-refractivity contribution in [2.75, 3.05) is 26.7 Å². The number of rotatable bonds is 2. The summed E-state index contributed by atoms with van der Waals surface area (Å²) in [5.41, 5.74) is 9.43. The fourth-order valence-electron chi connectivity index (χ4n) is 3.20. The third-order valence-electron chi connectivity index (χ3n) is 4.02. The van der Waals surface area contributed by atoms with E-state index in [9.17, 15) is 0 Å². The Balaban J connectivity index is 1.66. The van der Waals surface area contributed by atoms with Gasteiger partial charge in [0.15, 0.2) is 0 Å². The van der Waals surface area contributed by atoms with Crippen LogP contribution in [0.15, 0.2) is 24.3 Å². The van der Waals surface area contributed by atoms with Crippen LogP contribution in [0.5, 0.6) is 0 Å². The van der Waals surface area contributed by atoms with Crippen LogP contribution in [0.1, 0.15) is 17.5 Å². The molecule has 0 aliphatic carbocycles. The lowest BCUT2D eigenvalue weighted by atomic mass is 9.99. The molecule has 2 aliphatic heterocycles. The summed E-state index contributed by atoms with van der Waals surface area (Å²) in [5.74, 6) is 0. The summed E-state index contributed by atoms with van der Waals surface area (Å²) in [6, 6.07) is 8.73. The van der Waals surface area contributed by atoms with E-state index in [1.165, 1.54) is 11.1 Å². The third kappa shape index (κ3) is 2.23. The van der Waals surface area contributed by atoms with Crippen LogP contribution in [-0.2, 0) is 13.1 Å². The van der Waals surface area contributed by atoms with E-state index in [0.717, 1.165) is 39.1 Å². The molecule has 1 unspecified atom stereocenters. The fourth-order valence-corrected chi connectivity index (χ4v) is 3.20. The maximum atomic E-state index is 6.48. The molecule has 92 valence electrons. The van der Waals surface area contributed by atoms with Crippen molar-refractivity contribution in [2.24, 2.45) is 5.73 Å². The number of nitrogens with zero attached hydrogens (tertiary/aromatic N) is 2. The summed E-state index contributed by atoms with van der Waals surface area (Å²) < 4.78 is 0. The van der Waals surface area contributed by atoms with E-state index >= 15 is 0 Å². The molecule has 2 N–H and O–H groups in total. The van der Waals surface area contributed by atoms with Crippen LogP contribution in [0.2, 0.25) is 0 Å². The highest BCUT2D eigenvalue weighted by Crippen LogP contribution is 2.26. The summed E-state index contributed by atoms with van der Waals surface area (Å²) in [5, 5.41) is 0. The zero-order valence-corrected chi connectivity index (χ0v) is 10.5. The van der Waals surface area contributed by atoms with Crippen molar-refractivity contribution >= 4 is 0 Å². The largest absolute Gasteiger partial charge is 0.323 e. The second kappa shape index (κ2) is 4.09. The molecular weight excluding hydrogens is 210 g/mol. The average molecular weight is 231 g/mol. The van der Waals surface area contributed by atoms with Gasteiger partial charge in [-0.1, -0.05) is 24.3 Å². The summed E-state index contributed by atoms with van der Waals surface area (Å²) in [7, 11) is 2.16. The van der Waals surface area contributed by atoms with Crippen LogP contribution in [0.25, 0.3) is 0 Å². The first-order chi connectivity index (χ1) is 8.15. The van der Waals surface area contributed by atoms with Crippen LogP contribution in [-0.4, -0.2) is 42.0 Å². The number of fused-ring (bicyclic) bond motifs is 1. The van der Waals surface area contributed by atoms with Crippen LogP contribution in [0, 0.1) is 0 Å². The minimum Gasteiger partial charge on any atom is -0.323 e. The number of hydrogen-bond acceptors (Lipinski definition) is 3. The summed E-state index contributed by atoms with van der Waals surface area (Å²) in [4.78, 5) is 4.83. The van der Waals surface area contributed by atoms with Crippen molar-refractivity contribution in [3.63, 3.8) is 0 Å². The lowest BCUT2D eigenvalue weighted by molar-refractivity contribution is 0.211. The van der Waals surface area contributed by atoms with E-state index in [1.54, 1.807) is 0 Å². The minimum absolute atomic E-state index is 0.00318. The first kappa shape index (κ1) is 11.2. The highest BCUT2D eigenvalue weighted by atomic mass is 15.2. The number of likely N-dealkylation sites (tertiary alicyclic amines) is 1. The Morgan fingerprint density at radius 2 is 1.88 bits per heavy atom. The maximum Gasteiger partial charge on any atom is 0.0424 e. The molecule has 0 spiro atoms. The fraction of sp³-hybridized carbons (Fsp3) is 0.571.